The highest BCUT2D eigenvalue weighted by atomic mass is 32.1. The lowest BCUT2D eigenvalue weighted by molar-refractivity contribution is -0.143. The van der Waals surface area contributed by atoms with Crippen molar-refractivity contribution in [3.63, 3.8) is 0 Å². The number of rotatable bonds is 7. The van der Waals surface area contributed by atoms with Crippen molar-refractivity contribution in [2.45, 2.75) is 58.7 Å². The Morgan fingerprint density at radius 2 is 1.70 bits per heavy atom. The predicted octanol–water partition coefficient (Wildman–Crippen LogP) is 3.24. The van der Waals surface area contributed by atoms with E-state index in [4.69, 9.17) is 21.7 Å². The van der Waals surface area contributed by atoms with Gasteiger partial charge in [-0.2, -0.15) is 0 Å². The standard InChI is InChI=1S/C20H30N2O4S/c1-13(2)16(18(23)25-6)22-17(27)15(12-14-10-8-7-9-11-14)21-19(24)26-20(3,4)5/h7-11,13,15-16H,12H2,1-6H3,(H,21,24)(H,22,27). The molecule has 1 rings (SSSR count). The van der Waals surface area contributed by atoms with E-state index in [-0.39, 0.29) is 5.92 Å². The molecule has 0 saturated heterocycles. The number of hydrogen-bond acceptors (Lipinski definition) is 5. The third-order valence-electron chi connectivity index (χ3n) is 3.71. The van der Waals surface area contributed by atoms with E-state index in [1.165, 1.54) is 7.11 Å². The van der Waals surface area contributed by atoms with Crippen LogP contribution in [0, 0.1) is 5.92 Å². The molecule has 6 nitrogen and oxygen atoms in total. The van der Waals surface area contributed by atoms with E-state index in [0.717, 1.165) is 5.56 Å². The molecule has 2 atom stereocenters. The molecule has 0 saturated carbocycles. The summed E-state index contributed by atoms with van der Waals surface area (Å²) in [7, 11) is 1.34. The Bertz CT molecular complexity index is 641. The number of benzene rings is 1. The van der Waals surface area contributed by atoms with Gasteiger partial charge in [0.2, 0.25) is 0 Å². The minimum atomic E-state index is -0.622. The Morgan fingerprint density at radius 1 is 1.11 bits per heavy atom. The third kappa shape index (κ3) is 8.39. The van der Waals surface area contributed by atoms with Gasteiger partial charge in [-0.3, -0.25) is 0 Å². The smallest absolute Gasteiger partial charge is 0.408 e. The number of thiocarbonyl (C=S) groups is 1. The summed E-state index contributed by atoms with van der Waals surface area (Å²) in [5.74, 6) is -0.433. The molecule has 150 valence electrons. The average molecular weight is 395 g/mol. The fourth-order valence-electron chi connectivity index (χ4n) is 2.39. The van der Waals surface area contributed by atoms with Gasteiger partial charge in [0.1, 0.15) is 11.6 Å². The summed E-state index contributed by atoms with van der Waals surface area (Å²) in [4.78, 5) is 24.6. The molecule has 1 aromatic carbocycles. The highest BCUT2D eigenvalue weighted by Gasteiger charge is 2.28. The lowest BCUT2D eigenvalue weighted by atomic mass is 10.0. The highest BCUT2D eigenvalue weighted by molar-refractivity contribution is 7.80. The van der Waals surface area contributed by atoms with Crippen LogP contribution in [0.5, 0.6) is 0 Å². The number of alkyl carbamates (subject to hydrolysis) is 1. The number of carbonyl (C=O) groups excluding carboxylic acids is 2. The quantitative estimate of drug-likeness (QED) is 0.546. The van der Waals surface area contributed by atoms with Gasteiger partial charge in [0.15, 0.2) is 0 Å². The molecule has 0 fully saturated rings. The molecule has 1 aromatic rings. The zero-order valence-electron chi connectivity index (χ0n) is 16.9. The van der Waals surface area contributed by atoms with Crippen molar-refractivity contribution in [3.8, 4) is 0 Å². The largest absolute Gasteiger partial charge is 0.467 e. The van der Waals surface area contributed by atoms with Gasteiger partial charge in [0, 0.05) is 0 Å². The normalized spacial score (nSPS) is 13.4. The van der Waals surface area contributed by atoms with E-state index in [1.807, 2.05) is 44.2 Å². The molecule has 0 aromatic heterocycles. The molecule has 0 bridgehead atoms. The molecule has 2 N–H and O–H groups in total. The van der Waals surface area contributed by atoms with Gasteiger partial charge in [-0.1, -0.05) is 56.4 Å². The SMILES string of the molecule is COC(=O)C(NC(=S)C(Cc1ccccc1)NC(=O)OC(C)(C)C)C(C)C. The summed E-state index contributed by atoms with van der Waals surface area (Å²) in [6.45, 7) is 9.17. The van der Waals surface area contributed by atoms with Gasteiger partial charge in [-0.15, -0.1) is 0 Å². The van der Waals surface area contributed by atoms with Crippen molar-refractivity contribution in [1.29, 1.82) is 0 Å². The number of hydrogen-bond donors (Lipinski definition) is 2. The summed E-state index contributed by atoms with van der Waals surface area (Å²) >= 11 is 5.51. The van der Waals surface area contributed by atoms with Gasteiger partial charge in [0.25, 0.3) is 0 Å². The molecule has 0 radical (unpaired) electrons. The maximum absolute atomic E-state index is 12.3. The average Bonchev–Trinajstić information content (AvgIpc) is 2.57. The molecule has 0 spiro atoms. The van der Waals surface area contributed by atoms with Crippen molar-refractivity contribution < 1.29 is 19.1 Å². The fraction of sp³-hybridized carbons (Fsp3) is 0.550. The summed E-state index contributed by atoms with van der Waals surface area (Å²) in [5, 5.41) is 5.85. The third-order valence-corrected chi connectivity index (χ3v) is 4.11. The molecule has 1 amide bonds. The Labute approximate surface area is 167 Å². The summed E-state index contributed by atoms with van der Waals surface area (Å²) < 4.78 is 10.2. The lowest BCUT2D eigenvalue weighted by Crippen LogP contribution is -2.53. The second-order valence-corrected chi connectivity index (χ2v) is 8.08. The lowest BCUT2D eigenvalue weighted by Gasteiger charge is -2.27. The van der Waals surface area contributed by atoms with Gasteiger partial charge in [-0.05, 0) is 38.7 Å². The number of amides is 1. The summed E-state index contributed by atoms with van der Waals surface area (Å²) in [6, 6.07) is 8.54. The van der Waals surface area contributed by atoms with Gasteiger partial charge in [-0.25, -0.2) is 9.59 Å². The van der Waals surface area contributed by atoms with Gasteiger partial charge >= 0.3 is 12.1 Å². The molecule has 27 heavy (non-hydrogen) atoms. The molecular formula is C20H30N2O4S. The van der Waals surface area contributed by atoms with Crippen LogP contribution in [0.25, 0.3) is 0 Å². The maximum atomic E-state index is 12.3. The summed E-state index contributed by atoms with van der Waals surface area (Å²) in [6.07, 6.45) is -0.0931. The van der Waals surface area contributed by atoms with E-state index in [2.05, 4.69) is 10.6 Å². The predicted molar refractivity (Wildman–Crippen MR) is 110 cm³/mol. The number of methoxy groups -OCH3 is 1. The second kappa shape index (κ2) is 10.3. The van der Waals surface area contributed by atoms with Crippen LogP contribution < -0.4 is 10.6 Å². The first kappa shape index (κ1) is 22.9. The van der Waals surface area contributed by atoms with Gasteiger partial charge < -0.3 is 20.1 Å². The zero-order valence-corrected chi connectivity index (χ0v) is 17.7. The molecule has 2 unspecified atom stereocenters. The second-order valence-electron chi connectivity index (χ2n) is 7.64. The monoisotopic (exact) mass is 394 g/mol. The molecular weight excluding hydrogens is 364 g/mol. The van der Waals surface area contributed by atoms with Crippen molar-refractivity contribution in [3.05, 3.63) is 35.9 Å². The summed E-state index contributed by atoms with van der Waals surface area (Å²) in [5.41, 5.74) is 0.380. The van der Waals surface area contributed by atoms with Crippen molar-refractivity contribution >= 4 is 29.3 Å². The van der Waals surface area contributed by atoms with Crippen LogP contribution in [0.15, 0.2) is 30.3 Å². The fourth-order valence-corrected chi connectivity index (χ4v) is 2.66. The van der Waals surface area contributed by atoms with E-state index in [1.54, 1.807) is 20.8 Å². The van der Waals surface area contributed by atoms with Crippen molar-refractivity contribution in [2.75, 3.05) is 7.11 Å². The molecule has 0 aliphatic heterocycles. The number of esters is 1. The van der Waals surface area contributed by atoms with Crippen LogP contribution in [-0.4, -0.2) is 41.8 Å². The number of ether oxygens (including phenoxy) is 2. The molecule has 7 heteroatoms. The van der Waals surface area contributed by atoms with E-state index in [9.17, 15) is 9.59 Å². The van der Waals surface area contributed by atoms with Crippen molar-refractivity contribution in [1.82, 2.24) is 10.6 Å². The van der Waals surface area contributed by atoms with Crippen LogP contribution in [-0.2, 0) is 20.7 Å². The number of nitrogens with one attached hydrogen (secondary N) is 2. The first-order valence-corrected chi connectivity index (χ1v) is 9.36. The van der Waals surface area contributed by atoms with Crippen molar-refractivity contribution in [2.24, 2.45) is 5.92 Å². The van der Waals surface area contributed by atoms with E-state index in [0.29, 0.717) is 11.4 Å². The number of carbonyl (C=O) groups is 2. The van der Waals surface area contributed by atoms with E-state index < -0.39 is 29.7 Å². The molecule has 0 aliphatic rings. The minimum Gasteiger partial charge on any atom is -0.467 e. The topological polar surface area (TPSA) is 76.7 Å². The first-order valence-electron chi connectivity index (χ1n) is 8.95. The Balaban J connectivity index is 2.95. The van der Waals surface area contributed by atoms with Crippen LogP contribution in [0.4, 0.5) is 4.79 Å². The Hall–Kier alpha value is -2.15. The van der Waals surface area contributed by atoms with E-state index >= 15 is 0 Å². The maximum Gasteiger partial charge on any atom is 0.408 e. The Kier molecular flexibility index (Phi) is 8.69. The van der Waals surface area contributed by atoms with Crippen LogP contribution >= 0.6 is 12.2 Å². The van der Waals surface area contributed by atoms with Gasteiger partial charge in [0.05, 0.1) is 18.1 Å². The molecule has 0 aliphatic carbocycles. The first-order chi connectivity index (χ1) is 12.5. The minimum absolute atomic E-state index is 0.0331. The van der Waals surface area contributed by atoms with Crippen LogP contribution in [0.3, 0.4) is 0 Å². The Morgan fingerprint density at radius 3 is 2.19 bits per heavy atom. The highest BCUT2D eigenvalue weighted by Crippen LogP contribution is 2.11. The van der Waals surface area contributed by atoms with Crippen LogP contribution in [0.2, 0.25) is 0 Å². The van der Waals surface area contributed by atoms with Crippen LogP contribution in [0.1, 0.15) is 40.2 Å². The zero-order chi connectivity index (χ0) is 20.6. The molecule has 0 heterocycles.